The molecule has 2 aromatic rings. The van der Waals surface area contributed by atoms with Crippen LogP contribution in [0.5, 0.6) is 0 Å². The maximum atomic E-state index is 12.8. The summed E-state index contributed by atoms with van der Waals surface area (Å²) in [5, 5.41) is 0. The van der Waals surface area contributed by atoms with Gasteiger partial charge in [-0.3, -0.25) is 8.37 Å². The molecule has 0 unspecified atom stereocenters. The molecule has 2 bridgehead atoms. The SMILES string of the molecule is Cc1ccc(S(=O)(=O)O[C@@H]2[C@H]3CC[C@H](C3)[C@@H]2OS(=O)(=O)c2ccc(C)cc2)cc1. The second kappa shape index (κ2) is 7.50. The fourth-order valence-corrected chi connectivity index (χ4v) is 6.55. The van der Waals surface area contributed by atoms with Gasteiger partial charge in [0.25, 0.3) is 20.2 Å². The molecule has 8 heteroatoms. The van der Waals surface area contributed by atoms with Gasteiger partial charge in [-0.25, -0.2) is 0 Å². The van der Waals surface area contributed by atoms with Crippen molar-refractivity contribution in [3.8, 4) is 0 Å². The van der Waals surface area contributed by atoms with Crippen LogP contribution < -0.4 is 0 Å². The van der Waals surface area contributed by atoms with Crippen molar-refractivity contribution in [2.45, 2.75) is 55.1 Å². The highest BCUT2D eigenvalue weighted by Gasteiger charge is 2.52. The van der Waals surface area contributed by atoms with Gasteiger partial charge in [-0.15, -0.1) is 0 Å². The second-order valence-corrected chi connectivity index (χ2v) is 11.1. The highest BCUT2D eigenvalue weighted by atomic mass is 32.2. The molecule has 0 amide bonds. The van der Waals surface area contributed by atoms with Crippen molar-refractivity contribution in [3.05, 3.63) is 59.7 Å². The molecule has 0 heterocycles. The highest BCUT2D eigenvalue weighted by molar-refractivity contribution is 7.87. The third kappa shape index (κ3) is 4.12. The fourth-order valence-electron chi connectivity index (χ4n) is 4.27. The van der Waals surface area contributed by atoms with E-state index in [0.29, 0.717) is 6.42 Å². The lowest BCUT2D eigenvalue weighted by Gasteiger charge is -2.29. The van der Waals surface area contributed by atoms with E-state index in [9.17, 15) is 16.8 Å². The summed E-state index contributed by atoms with van der Waals surface area (Å²) in [6, 6.07) is 12.8. The van der Waals surface area contributed by atoms with E-state index < -0.39 is 32.4 Å². The molecule has 2 aliphatic rings. The fraction of sp³-hybridized carbons (Fsp3) is 0.429. The van der Waals surface area contributed by atoms with Gasteiger partial charge in [-0.2, -0.15) is 16.8 Å². The van der Waals surface area contributed by atoms with Crippen molar-refractivity contribution in [3.63, 3.8) is 0 Å². The highest BCUT2D eigenvalue weighted by Crippen LogP contribution is 2.49. The second-order valence-electron chi connectivity index (χ2n) is 7.99. The zero-order valence-corrected chi connectivity index (χ0v) is 17.9. The molecule has 0 spiro atoms. The summed E-state index contributed by atoms with van der Waals surface area (Å²) in [6.07, 6.45) is 0.717. The molecule has 6 nitrogen and oxygen atoms in total. The van der Waals surface area contributed by atoms with Gasteiger partial charge in [0.05, 0.1) is 9.79 Å². The molecule has 4 atom stereocenters. The molecule has 2 aromatic carbocycles. The van der Waals surface area contributed by atoms with Gasteiger partial charge >= 0.3 is 0 Å². The van der Waals surface area contributed by atoms with E-state index >= 15 is 0 Å². The summed E-state index contributed by atoms with van der Waals surface area (Å²) in [5.74, 6) is -0.0584. The minimum Gasteiger partial charge on any atom is -0.260 e. The Balaban J connectivity index is 1.58. The Kier molecular flexibility index (Phi) is 5.31. The van der Waals surface area contributed by atoms with Gasteiger partial charge < -0.3 is 0 Å². The van der Waals surface area contributed by atoms with Crippen LogP contribution in [-0.2, 0) is 28.6 Å². The Bertz CT molecular complexity index is 999. The van der Waals surface area contributed by atoms with Crippen LogP contribution >= 0.6 is 0 Å². The van der Waals surface area contributed by atoms with Crippen LogP contribution in [0, 0.1) is 25.7 Å². The maximum absolute atomic E-state index is 12.8. The van der Waals surface area contributed by atoms with Crippen molar-refractivity contribution < 1.29 is 25.2 Å². The van der Waals surface area contributed by atoms with Crippen LogP contribution in [-0.4, -0.2) is 29.0 Å². The van der Waals surface area contributed by atoms with Crippen molar-refractivity contribution in [2.24, 2.45) is 11.8 Å². The average molecular weight is 437 g/mol. The van der Waals surface area contributed by atoms with Gasteiger partial charge in [0, 0.05) is 0 Å². The predicted octanol–water partition coefficient (Wildman–Crippen LogP) is 3.58. The molecular weight excluding hydrogens is 412 g/mol. The number of hydrogen-bond donors (Lipinski definition) is 0. The van der Waals surface area contributed by atoms with Crippen molar-refractivity contribution in [1.29, 1.82) is 0 Å². The van der Waals surface area contributed by atoms with Crippen LogP contribution in [0.25, 0.3) is 0 Å². The number of aryl methyl sites for hydroxylation is 2. The Morgan fingerprint density at radius 1 is 0.655 bits per heavy atom. The monoisotopic (exact) mass is 436 g/mol. The minimum atomic E-state index is -4.02. The largest absolute Gasteiger partial charge is 0.297 e. The van der Waals surface area contributed by atoms with Crippen molar-refractivity contribution in [2.75, 3.05) is 0 Å². The molecule has 2 saturated carbocycles. The van der Waals surface area contributed by atoms with E-state index in [1.54, 1.807) is 24.3 Å². The molecule has 0 aliphatic heterocycles. The van der Waals surface area contributed by atoms with Gasteiger partial charge in [0.1, 0.15) is 12.2 Å². The lowest BCUT2D eigenvalue weighted by Crippen LogP contribution is -2.39. The first-order chi connectivity index (χ1) is 13.7. The molecule has 29 heavy (non-hydrogen) atoms. The molecule has 0 saturated heterocycles. The van der Waals surface area contributed by atoms with Crippen LogP contribution in [0.1, 0.15) is 30.4 Å². The Morgan fingerprint density at radius 2 is 1.00 bits per heavy atom. The standard InChI is InChI=1S/C21H24O6S2/c1-14-3-9-18(10-4-14)28(22,23)26-20-16-7-8-17(13-16)21(20)27-29(24,25)19-11-5-15(2)6-12-19/h3-6,9-12,16-17,20-21H,7-8,13H2,1-2H3/t16-,17+,20+,21-. The third-order valence-corrected chi connectivity index (χ3v) is 8.51. The minimum absolute atomic E-state index is 0.0292. The Hall–Kier alpha value is -1.74. The third-order valence-electron chi connectivity index (χ3n) is 5.86. The first kappa shape index (κ1) is 20.5. The zero-order chi connectivity index (χ0) is 20.8. The molecule has 2 fully saturated rings. The summed E-state index contributed by atoms with van der Waals surface area (Å²) in [4.78, 5) is 0.122. The molecule has 2 aliphatic carbocycles. The van der Waals surface area contributed by atoms with Crippen LogP contribution in [0.15, 0.2) is 58.3 Å². The first-order valence-electron chi connectivity index (χ1n) is 9.66. The van der Waals surface area contributed by atoms with Gasteiger partial charge in [0.15, 0.2) is 0 Å². The summed E-state index contributed by atoms with van der Waals surface area (Å²) in [7, 11) is -8.03. The topological polar surface area (TPSA) is 86.7 Å². The normalized spacial score (nSPS) is 26.7. The summed E-state index contributed by atoms with van der Waals surface area (Å²) in [5.41, 5.74) is 1.88. The Labute approximate surface area is 172 Å². The molecule has 0 radical (unpaired) electrons. The Morgan fingerprint density at radius 3 is 1.34 bits per heavy atom. The van der Waals surface area contributed by atoms with Crippen molar-refractivity contribution >= 4 is 20.2 Å². The van der Waals surface area contributed by atoms with E-state index in [1.807, 2.05) is 13.8 Å². The average Bonchev–Trinajstić information content (AvgIpc) is 3.25. The van der Waals surface area contributed by atoms with Crippen LogP contribution in [0.3, 0.4) is 0 Å². The van der Waals surface area contributed by atoms with Gasteiger partial charge in [-0.1, -0.05) is 35.4 Å². The smallest absolute Gasteiger partial charge is 0.260 e. The lowest BCUT2D eigenvalue weighted by atomic mass is 9.95. The maximum Gasteiger partial charge on any atom is 0.297 e. The van der Waals surface area contributed by atoms with Crippen LogP contribution in [0.2, 0.25) is 0 Å². The number of hydrogen-bond acceptors (Lipinski definition) is 6. The quantitative estimate of drug-likeness (QED) is 0.644. The molecule has 0 aromatic heterocycles. The lowest BCUT2D eigenvalue weighted by molar-refractivity contribution is 0.0233. The molecule has 156 valence electrons. The van der Waals surface area contributed by atoms with E-state index in [-0.39, 0.29) is 21.6 Å². The van der Waals surface area contributed by atoms with Crippen molar-refractivity contribution in [1.82, 2.24) is 0 Å². The van der Waals surface area contributed by atoms with E-state index in [2.05, 4.69) is 0 Å². The van der Waals surface area contributed by atoms with Gasteiger partial charge in [-0.05, 0) is 69.2 Å². The molecular formula is C21H24O6S2. The first-order valence-corrected chi connectivity index (χ1v) is 12.5. The zero-order valence-electron chi connectivity index (χ0n) is 16.3. The molecule has 0 N–H and O–H groups in total. The molecule has 4 rings (SSSR count). The number of benzene rings is 2. The van der Waals surface area contributed by atoms with E-state index in [0.717, 1.165) is 24.0 Å². The summed E-state index contributed by atoms with van der Waals surface area (Å²) < 4.78 is 62.2. The van der Waals surface area contributed by atoms with E-state index in [4.69, 9.17) is 8.37 Å². The van der Waals surface area contributed by atoms with Gasteiger partial charge in [0.2, 0.25) is 0 Å². The summed E-state index contributed by atoms with van der Waals surface area (Å²) >= 11 is 0. The predicted molar refractivity (Wildman–Crippen MR) is 107 cm³/mol. The van der Waals surface area contributed by atoms with E-state index in [1.165, 1.54) is 24.3 Å². The summed E-state index contributed by atoms with van der Waals surface area (Å²) in [6.45, 7) is 3.74. The van der Waals surface area contributed by atoms with Crippen LogP contribution in [0.4, 0.5) is 0 Å². The number of fused-ring (bicyclic) bond motifs is 2. The number of rotatable bonds is 6.